The van der Waals surface area contributed by atoms with E-state index in [-0.39, 0.29) is 16.7 Å². The number of hydrogen-bond acceptors (Lipinski definition) is 5. The minimum atomic E-state index is -0.754. The Morgan fingerprint density at radius 1 is 1.07 bits per heavy atom. The van der Waals surface area contributed by atoms with Gasteiger partial charge in [0.2, 0.25) is 0 Å². The Balaban J connectivity index is 1.64. The number of ether oxygens (including phenoxy) is 1. The lowest BCUT2D eigenvalue weighted by Crippen LogP contribution is -2.24. The zero-order valence-corrected chi connectivity index (χ0v) is 16.1. The summed E-state index contributed by atoms with van der Waals surface area (Å²) in [6.07, 6.45) is 0. The van der Waals surface area contributed by atoms with Crippen LogP contribution in [0.3, 0.4) is 0 Å². The second-order valence-electron chi connectivity index (χ2n) is 6.01. The highest BCUT2D eigenvalue weighted by Gasteiger charge is 2.33. The van der Waals surface area contributed by atoms with E-state index in [0.717, 1.165) is 14.9 Å². The molecule has 0 aliphatic carbocycles. The third-order valence-electron chi connectivity index (χ3n) is 4.12. The number of fused-ring (bicyclic) bond motifs is 1. The van der Waals surface area contributed by atoms with E-state index < -0.39 is 30.3 Å². The van der Waals surface area contributed by atoms with E-state index in [1.807, 2.05) is 13.0 Å². The Kier molecular flexibility index (Phi) is 5.09. The van der Waals surface area contributed by atoms with Crippen LogP contribution >= 0.6 is 15.9 Å². The molecule has 0 radical (unpaired) electrons. The Labute approximate surface area is 163 Å². The molecule has 0 saturated heterocycles. The van der Waals surface area contributed by atoms with Gasteiger partial charge >= 0.3 is 5.97 Å². The van der Waals surface area contributed by atoms with Gasteiger partial charge in [-0.3, -0.25) is 19.3 Å². The fourth-order valence-corrected chi connectivity index (χ4v) is 3.13. The molecule has 27 heavy (non-hydrogen) atoms. The number of benzene rings is 2. The van der Waals surface area contributed by atoms with Gasteiger partial charge in [-0.05, 0) is 48.9 Å². The van der Waals surface area contributed by atoms with Crippen molar-refractivity contribution in [2.75, 3.05) is 19.0 Å². The summed E-state index contributed by atoms with van der Waals surface area (Å²) in [4.78, 5) is 49.0. The van der Waals surface area contributed by atoms with E-state index in [1.165, 1.54) is 25.2 Å². The van der Waals surface area contributed by atoms with Crippen LogP contribution in [0.25, 0.3) is 0 Å². The van der Waals surface area contributed by atoms with Crippen molar-refractivity contribution < 1.29 is 23.9 Å². The van der Waals surface area contributed by atoms with Crippen molar-refractivity contribution in [2.24, 2.45) is 0 Å². The van der Waals surface area contributed by atoms with Crippen LogP contribution in [0.2, 0.25) is 0 Å². The van der Waals surface area contributed by atoms with Gasteiger partial charge in [0, 0.05) is 17.2 Å². The van der Waals surface area contributed by atoms with E-state index in [2.05, 4.69) is 21.2 Å². The maximum Gasteiger partial charge on any atom is 0.338 e. The highest BCUT2D eigenvalue weighted by atomic mass is 79.9. The Morgan fingerprint density at radius 3 is 2.48 bits per heavy atom. The van der Waals surface area contributed by atoms with E-state index in [4.69, 9.17) is 4.74 Å². The topological polar surface area (TPSA) is 92.8 Å². The molecule has 1 aliphatic rings. The molecule has 0 spiro atoms. The summed E-state index contributed by atoms with van der Waals surface area (Å²) >= 11 is 3.34. The van der Waals surface area contributed by atoms with Gasteiger partial charge in [0.15, 0.2) is 6.61 Å². The number of carbonyl (C=O) groups is 4. The molecule has 0 bridgehead atoms. The number of nitrogens with one attached hydrogen (secondary N) is 1. The summed E-state index contributed by atoms with van der Waals surface area (Å²) in [6, 6.07) is 9.47. The number of halogens is 1. The standard InChI is InChI=1S/C19H15BrN2O5/c1-10-7-12(20)4-6-15(10)21-16(23)9-27-19(26)11-3-5-13-14(8-11)18(25)22(2)17(13)24/h3-8H,9H2,1-2H3,(H,21,23). The van der Waals surface area contributed by atoms with Crippen molar-refractivity contribution in [1.82, 2.24) is 4.90 Å². The van der Waals surface area contributed by atoms with Gasteiger partial charge in [0.1, 0.15) is 0 Å². The van der Waals surface area contributed by atoms with Crippen LogP contribution in [0.4, 0.5) is 5.69 Å². The number of esters is 1. The first-order valence-electron chi connectivity index (χ1n) is 7.97. The van der Waals surface area contributed by atoms with Crippen molar-refractivity contribution in [3.05, 3.63) is 63.1 Å². The number of aryl methyl sites for hydroxylation is 1. The van der Waals surface area contributed by atoms with Crippen LogP contribution in [-0.4, -0.2) is 42.2 Å². The van der Waals surface area contributed by atoms with Gasteiger partial charge in [-0.1, -0.05) is 15.9 Å². The average Bonchev–Trinajstić information content (AvgIpc) is 2.86. The summed E-state index contributed by atoms with van der Waals surface area (Å²) in [7, 11) is 1.37. The second-order valence-corrected chi connectivity index (χ2v) is 6.93. The normalized spacial score (nSPS) is 12.8. The lowest BCUT2D eigenvalue weighted by molar-refractivity contribution is -0.119. The molecule has 3 rings (SSSR count). The Morgan fingerprint density at radius 2 is 1.78 bits per heavy atom. The van der Waals surface area contributed by atoms with Crippen LogP contribution in [0.5, 0.6) is 0 Å². The highest BCUT2D eigenvalue weighted by Crippen LogP contribution is 2.23. The smallest absolute Gasteiger partial charge is 0.338 e. The minimum Gasteiger partial charge on any atom is -0.452 e. The van der Waals surface area contributed by atoms with Crippen LogP contribution in [-0.2, 0) is 9.53 Å². The summed E-state index contributed by atoms with van der Waals surface area (Å²) in [5.41, 5.74) is 1.95. The van der Waals surface area contributed by atoms with Crippen molar-refractivity contribution in [3.8, 4) is 0 Å². The summed E-state index contributed by atoms with van der Waals surface area (Å²) in [5.74, 6) is -2.14. The Hall–Kier alpha value is -3.00. The Bertz CT molecular complexity index is 986. The molecule has 2 aromatic rings. The summed E-state index contributed by atoms with van der Waals surface area (Å²) < 4.78 is 5.89. The molecule has 0 aromatic heterocycles. The van der Waals surface area contributed by atoms with Gasteiger partial charge in [-0.2, -0.15) is 0 Å². The molecule has 0 fully saturated rings. The molecule has 8 heteroatoms. The monoisotopic (exact) mass is 430 g/mol. The SMILES string of the molecule is Cc1cc(Br)ccc1NC(=O)COC(=O)c1ccc2c(c1)C(=O)N(C)C2=O. The minimum absolute atomic E-state index is 0.0952. The lowest BCUT2D eigenvalue weighted by atomic mass is 10.1. The van der Waals surface area contributed by atoms with Crippen LogP contribution in [0.1, 0.15) is 36.6 Å². The number of nitrogens with zero attached hydrogens (tertiary/aromatic N) is 1. The average molecular weight is 431 g/mol. The maximum atomic E-state index is 12.2. The van der Waals surface area contributed by atoms with E-state index in [1.54, 1.807) is 12.1 Å². The third-order valence-corrected chi connectivity index (χ3v) is 4.62. The first kappa shape index (κ1) is 18.8. The predicted molar refractivity (Wildman–Crippen MR) is 101 cm³/mol. The zero-order chi connectivity index (χ0) is 19.7. The van der Waals surface area contributed by atoms with Gasteiger partial charge < -0.3 is 10.1 Å². The van der Waals surface area contributed by atoms with Crippen molar-refractivity contribution >= 4 is 45.3 Å². The predicted octanol–water partition coefficient (Wildman–Crippen LogP) is 2.78. The molecule has 2 aromatic carbocycles. The summed E-state index contributed by atoms with van der Waals surface area (Å²) in [6.45, 7) is 1.37. The molecule has 7 nitrogen and oxygen atoms in total. The van der Waals surface area contributed by atoms with E-state index in [9.17, 15) is 19.2 Å². The first-order valence-corrected chi connectivity index (χ1v) is 8.77. The molecule has 1 heterocycles. The molecular weight excluding hydrogens is 416 g/mol. The van der Waals surface area contributed by atoms with Crippen molar-refractivity contribution in [1.29, 1.82) is 0 Å². The lowest BCUT2D eigenvalue weighted by Gasteiger charge is -2.09. The van der Waals surface area contributed by atoms with E-state index >= 15 is 0 Å². The molecule has 0 saturated carbocycles. The molecule has 0 unspecified atom stereocenters. The molecule has 138 valence electrons. The van der Waals surface area contributed by atoms with Gasteiger partial charge in [-0.25, -0.2) is 4.79 Å². The van der Waals surface area contributed by atoms with Gasteiger partial charge in [0.25, 0.3) is 17.7 Å². The summed E-state index contributed by atoms with van der Waals surface area (Å²) in [5, 5.41) is 2.66. The first-order chi connectivity index (χ1) is 12.8. The zero-order valence-electron chi connectivity index (χ0n) is 14.5. The third kappa shape index (κ3) is 3.75. The fraction of sp³-hybridized carbons (Fsp3) is 0.158. The number of amides is 3. The fourth-order valence-electron chi connectivity index (χ4n) is 2.66. The second kappa shape index (κ2) is 7.32. The van der Waals surface area contributed by atoms with Crippen LogP contribution in [0.15, 0.2) is 40.9 Å². The van der Waals surface area contributed by atoms with E-state index in [0.29, 0.717) is 5.69 Å². The van der Waals surface area contributed by atoms with Gasteiger partial charge in [0.05, 0.1) is 16.7 Å². The highest BCUT2D eigenvalue weighted by molar-refractivity contribution is 9.10. The number of anilines is 1. The van der Waals surface area contributed by atoms with Crippen molar-refractivity contribution in [2.45, 2.75) is 6.92 Å². The molecule has 0 atom stereocenters. The number of carbonyl (C=O) groups excluding carboxylic acids is 4. The van der Waals surface area contributed by atoms with Crippen molar-refractivity contribution in [3.63, 3.8) is 0 Å². The molecule has 1 aliphatic heterocycles. The molecular formula is C19H15BrN2O5. The number of imide groups is 1. The molecule has 1 N–H and O–H groups in total. The quantitative estimate of drug-likeness (QED) is 0.594. The largest absolute Gasteiger partial charge is 0.452 e. The van der Waals surface area contributed by atoms with Crippen LogP contribution in [0, 0.1) is 6.92 Å². The maximum absolute atomic E-state index is 12.2. The molecule has 3 amide bonds. The van der Waals surface area contributed by atoms with Gasteiger partial charge in [-0.15, -0.1) is 0 Å². The van der Waals surface area contributed by atoms with Crippen LogP contribution < -0.4 is 5.32 Å². The number of rotatable bonds is 4. The number of hydrogen-bond donors (Lipinski definition) is 1.